The van der Waals surface area contributed by atoms with Crippen LogP contribution in [-0.4, -0.2) is 52.3 Å². The molecule has 0 unspecified atom stereocenters. The van der Waals surface area contributed by atoms with Crippen molar-refractivity contribution in [3.63, 3.8) is 0 Å². The van der Waals surface area contributed by atoms with E-state index >= 15 is 0 Å². The number of nitrogens with one attached hydrogen (secondary N) is 1. The monoisotopic (exact) mass is 348 g/mol. The van der Waals surface area contributed by atoms with E-state index in [4.69, 9.17) is 20.2 Å². The molecular formula is C13H17ClN2O5S. The van der Waals surface area contributed by atoms with Crippen molar-refractivity contribution in [2.24, 2.45) is 0 Å². The van der Waals surface area contributed by atoms with Gasteiger partial charge in [-0.1, -0.05) is 0 Å². The molecule has 1 aliphatic heterocycles. The van der Waals surface area contributed by atoms with Crippen LogP contribution in [0, 0.1) is 0 Å². The molecule has 0 bridgehead atoms. The summed E-state index contributed by atoms with van der Waals surface area (Å²) in [6, 6.07) is 4.00. The van der Waals surface area contributed by atoms with Gasteiger partial charge in [0.2, 0.25) is 0 Å². The maximum Gasteiger partial charge on any atom is 0.322 e. The molecule has 122 valence electrons. The smallest absolute Gasteiger partial charge is 0.322 e. The zero-order valence-corrected chi connectivity index (χ0v) is 13.6. The number of morpholine rings is 1. The van der Waals surface area contributed by atoms with Crippen molar-refractivity contribution in [1.82, 2.24) is 4.90 Å². The standard InChI is InChI=1S/C13H17ClN2O5S/c1-2-21-11-4-3-10(9-12(11)22(14,18)19)15-13(17)16-5-7-20-8-6-16/h3-4,9H,2,5-8H2,1H3,(H,15,17). The van der Waals surface area contributed by atoms with Crippen LogP contribution in [0.4, 0.5) is 10.5 Å². The van der Waals surface area contributed by atoms with Gasteiger partial charge in [-0.2, -0.15) is 0 Å². The molecule has 2 amide bonds. The predicted octanol–water partition coefficient (Wildman–Crippen LogP) is 1.88. The summed E-state index contributed by atoms with van der Waals surface area (Å²) in [7, 11) is 1.43. The molecule has 0 atom stereocenters. The van der Waals surface area contributed by atoms with Gasteiger partial charge in [-0.15, -0.1) is 0 Å². The van der Waals surface area contributed by atoms with E-state index in [0.29, 0.717) is 38.6 Å². The second-order valence-corrected chi connectivity index (χ2v) is 7.10. The summed E-state index contributed by atoms with van der Waals surface area (Å²) < 4.78 is 33.6. The molecule has 2 rings (SSSR count). The highest BCUT2D eigenvalue weighted by Crippen LogP contribution is 2.30. The molecule has 7 nitrogen and oxygen atoms in total. The number of amides is 2. The lowest BCUT2D eigenvalue weighted by molar-refractivity contribution is 0.0564. The maximum absolute atomic E-state index is 12.1. The molecule has 22 heavy (non-hydrogen) atoms. The zero-order valence-electron chi connectivity index (χ0n) is 12.0. The summed E-state index contributed by atoms with van der Waals surface area (Å²) >= 11 is 0. The Balaban J connectivity index is 2.19. The zero-order chi connectivity index (χ0) is 16.2. The minimum Gasteiger partial charge on any atom is -0.492 e. The molecule has 1 aliphatic rings. The first-order valence-electron chi connectivity index (χ1n) is 6.77. The normalized spacial score (nSPS) is 15.5. The largest absolute Gasteiger partial charge is 0.492 e. The van der Waals surface area contributed by atoms with Crippen LogP contribution in [-0.2, 0) is 13.8 Å². The van der Waals surface area contributed by atoms with E-state index in [1.807, 2.05) is 0 Å². The molecule has 9 heteroatoms. The number of urea groups is 1. The first kappa shape index (κ1) is 16.9. The molecule has 0 aliphatic carbocycles. The number of hydrogen-bond donors (Lipinski definition) is 1. The van der Waals surface area contributed by atoms with Gasteiger partial charge in [0.1, 0.15) is 10.6 Å². The number of hydrogen-bond acceptors (Lipinski definition) is 5. The predicted molar refractivity (Wildman–Crippen MR) is 82.1 cm³/mol. The number of carbonyl (C=O) groups is 1. The molecule has 0 aromatic heterocycles. The lowest BCUT2D eigenvalue weighted by atomic mass is 10.3. The summed E-state index contributed by atoms with van der Waals surface area (Å²) in [6.45, 7) is 3.99. The van der Waals surface area contributed by atoms with Crippen molar-refractivity contribution >= 4 is 31.5 Å². The Morgan fingerprint density at radius 3 is 2.68 bits per heavy atom. The summed E-state index contributed by atoms with van der Waals surface area (Å²) in [4.78, 5) is 13.5. The van der Waals surface area contributed by atoms with E-state index in [1.54, 1.807) is 17.9 Å². The van der Waals surface area contributed by atoms with E-state index in [9.17, 15) is 13.2 Å². The minimum atomic E-state index is -3.98. The Kier molecular flexibility index (Phi) is 5.49. The van der Waals surface area contributed by atoms with Crippen LogP contribution in [0.1, 0.15) is 6.92 Å². The fraction of sp³-hybridized carbons (Fsp3) is 0.462. The third-order valence-electron chi connectivity index (χ3n) is 3.06. The van der Waals surface area contributed by atoms with E-state index < -0.39 is 9.05 Å². The summed E-state index contributed by atoms with van der Waals surface area (Å²) in [5.41, 5.74) is 0.333. The van der Waals surface area contributed by atoms with Crippen LogP contribution in [0.5, 0.6) is 5.75 Å². The number of ether oxygens (including phenoxy) is 2. The third kappa shape index (κ3) is 4.25. The van der Waals surface area contributed by atoms with E-state index in [-0.39, 0.29) is 16.7 Å². The molecule has 1 aromatic rings. The SMILES string of the molecule is CCOc1ccc(NC(=O)N2CCOCC2)cc1S(=O)(=O)Cl. The van der Waals surface area contributed by atoms with Crippen LogP contribution in [0.3, 0.4) is 0 Å². The van der Waals surface area contributed by atoms with Crippen LogP contribution in [0.2, 0.25) is 0 Å². The molecule has 0 spiro atoms. The molecule has 1 N–H and O–H groups in total. The van der Waals surface area contributed by atoms with E-state index in [0.717, 1.165) is 0 Å². The fourth-order valence-electron chi connectivity index (χ4n) is 2.02. The maximum atomic E-state index is 12.1. The summed E-state index contributed by atoms with van der Waals surface area (Å²) in [6.07, 6.45) is 0. The number of halogens is 1. The molecule has 0 radical (unpaired) electrons. The summed E-state index contributed by atoms with van der Waals surface area (Å²) in [5, 5.41) is 2.65. The fourth-order valence-corrected chi connectivity index (χ4v) is 3.02. The van der Waals surface area contributed by atoms with Crippen molar-refractivity contribution in [1.29, 1.82) is 0 Å². The summed E-state index contributed by atoms with van der Waals surface area (Å²) in [5.74, 6) is 0.155. The van der Waals surface area contributed by atoms with Crippen molar-refractivity contribution in [3.05, 3.63) is 18.2 Å². The molecule has 1 heterocycles. The Morgan fingerprint density at radius 1 is 1.41 bits per heavy atom. The van der Waals surface area contributed by atoms with Crippen molar-refractivity contribution in [2.45, 2.75) is 11.8 Å². The first-order valence-corrected chi connectivity index (χ1v) is 9.08. The Labute approximate surface area is 133 Å². The second kappa shape index (κ2) is 7.17. The van der Waals surface area contributed by atoms with Gasteiger partial charge in [-0.25, -0.2) is 13.2 Å². The van der Waals surface area contributed by atoms with Gasteiger partial charge in [-0.3, -0.25) is 0 Å². The van der Waals surface area contributed by atoms with Crippen molar-refractivity contribution < 1.29 is 22.7 Å². The highest BCUT2D eigenvalue weighted by Gasteiger charge is 2.20. The number of anilines is 1. The van der Waals surface area contributed by atoms with Gasteiger partial charge >= 0.3 is 6.03 Å². The average molecular weight is 349 g/mol. The topological polar surface area (TPSA) is 84.9 Å². The van der Waals surface area contributed by atoms with Crippen molar-refractivity contribution in [3.8, 4) is 5.75 Å². The number of benzene rings is 1. The lowest BCUT2D eigenvalue weighted by Crippen LogP contribution is -2.43. The Hall–Kier alpha value is -1.51. The third-order valence-corrected chi connectivity index (χ3v) is 4.40. The minimum absolute atomic E-state index is 0.155. The highest BCUT2D eigenvalue weighted by atomic mass is 35.7. The van der Waals surface area contributed by atoms with Gasteiger partial charge in [0, 0.05) is 29.5 Å². The number of rotatable bonds is 4. The highest BCUT2D eigenvalue weighted by molar-refractivity contribution is 8.13. The molecule has 1 fully saturated rings. The van der Waals surface area contributed by atoms with Gasteiger partial charge in [0.25, 0.3) is 9.05 Å². The number of carbonyl (C=O) groups excluding carboxylic acids is 1. The quantitative estimate of drug-likeness (QED) is 0.840. The van der Waals surface area contributed by atoms with E-state index in [1.165, 1.54) is 12.1 Å². The first-order chi connectivity index (χ1) is 10.4. The average Bonchev–Trinajstić information content (AvgIpc) is 2.49. The Bertz CT molecular complexity index is 644. The number of nitrogens with zero attached hydrogens (tertiary/aromatic N) is 1. The van der Waals surface area contributed by atoms with Crippen LogP contribution < -0.4 is 10.1 Å². The van der Waals surface area contributed by atoms with Crippen molar-refractivity contribution in [2.75, 3.05) is 38.2 Å². The van der Waals surface area contributed by atoms with Crippen LogP contribution in [0.15, 0.2) is 23.1 Å². The molecule has 0 saturated carbocycles. The van der Waals surface area contributed by atoms with Crippen LogP contribution >= 0.6 is 10.7 Å². The lowest BCUT2D eigenvalue weighted by Gasteiger charge is -2.27. The van der Waals surface area contributed by atoms with E-state index in [2.05, 4.69) is 5.32 Å². The van der Waals surface area contributed by atoms with Crippen LogP contribution in [0.25, 0.3) is 0 Å². The molecule has 1 aromatic carbocycles. The van der Waals surface area contributed by atoms with Gasteiger partial charge < -0.3 is 19.7 Å². The second-order valence-electron chi connectivity index (χ2n) is 4.56. The Morgan fingerprint density at radius 2 is 2.09 bits per heavy atom. The molecule has 1 saturated heterocycles. The molecular weight excluding hydrogens is 332 g/mol. The van der Waals surface area contributed by atoms with Gasteiger partial charge in [-0.05, 0) is 25.1 Å². The van der Waals surface area contributed by atoms with Gasteiger partial charge in [0.05, 0.1) is 19.8 Å². The van der Waals surface area contributed by atoms with Gasteiger partial charge in [0.15, 0.2) is 0 Å².